The van der Waals surface area contributed by atoms with E-state index in [1.165, 1.54) is 11.8 Å². The van der Waals surface area contributed by atoms with Crippen molar-refractivity contribution < 1.29 is 39.0 Å². The molecule has 0 aromatic rings. The highest BCUT2D eigenvalue weighted by Gasteiger charge is 2.30. The predicted molar refractivity (Wildman–Crippen MR) is 133 cm³/mol. The van der Waals surface area contributed by atoms with Gasteiger partial charge in [0.2, 0.25) is 23.6 Å². The minimum Gasteiger partial charge on any atom is -0.481 e. The van der Waals surface area contributed by atoms with Gasteiger partial charge in [0.15, 0.2) is 0 Å². The molecular formula is C21H38N6O8S. The van der Waals surface area contributed by atoms with Gasteiger partial charge in [0.05, 0.1) is 6.04 Å². The number of carbonyl (C=O) groups is 6. The average molecular weight is 535 g/mol. The monoisotopic (exact) mass is 534 g/mol. The maximum atomic E-state index is 12.9. The zero-order valence-corrected chi connectivity index (χ0v) is 21.2. The van der Waals surface area contributed by atoms with Crippen molar-refractivity contribution in [3.63, 3.8) is 0 Å². The molecule has 0 spiro atoms. The molecule has 0 aliphatic rings. The molecule has 15 heteroatoms. The summed E-state index contributed by atoms with van der Waals surface area (Å²) < 4.78 is 0. The smallest absolute Gasteiger partial charge is 0.326 e. The largest absolute Gasteiger partial charge is 0.481 e. The number of hydrogen-bond acceptors (Lipinski definition) is 9. The summed E-state index contributed by atoms with van der Waals surface area (Å²) in [5, 5.41) is 25.5. The molecule has 4 amide bonds. The lowest BCUT2D eigenvalue weighted by Crippen LogP contribution is -2.57. The van der Waals surface area contributed by atoms with Gasteiger partial charge in [-0.05, 0) is 50.7 Å². The molecule has 4 atom stereocenters. The van der Waals surface area contributed by atoms with Gasteiger partial charge in [0.25, 0.3) is 0 Å². The van der Waals surface area contributed by atoms with Crippen LogP contribution >= 0.6 is 11.8 Å². The topological polar surface area (TPSA) is 257 Å². The number of thioether (sulfide) groups is 1. The SMILES string of the molecule is CSCCC(NC(=O)C(CCC(=O)O)NC(=O)C(N)CCCCN)C(=O)NC(CCC(N)=O)C(=O)O. The van der Waals surface area contributed by atoms with E-state index >= 15 is 0 Å². The van der Waals surface area contributed by atoms with Gasteiger partial charge >= 0.3 is 11.9 Å². The molecule has 0 aliphatic heterocycles. The quantitative estimate of drug-likeness (QED) is 0.0782. The van der Waals surface area contributed by atoms with Crippen molar-refractivity contribution in [2.45, 2.75) is 75.5 Å². The highest BCUT2D eigenvalue weighted by Crippen LogP contribution is 2.07. The fraction of sp³-hybridized carbons (Fsp3) is 0.714. The number of unbranched alkanes of at least 4 members (excludes halogenated alkanes) is 1. The van der Waals surface area contributed by atoms with Gasteiger partial charge < -0.3 is 43.4 Å². The lowest BCUT2D eigenvalue weighted by Gasteiger charge is -2.25. The van der Waals surface area contributed by atoms with E-state index in [1.807, 2.05) is 0 Å². The summed E-state index contributed by atoms with van der Waals surface area (Å²) in [5.74, 6) is -5.16. The van der Waals surface area contributed by atoms with Crippen molar-refractivity contribution >= 4 is 47.3 Å². The number of rotatable bonds is 20. The Balaban J connectivity index is 5.47. The molecule has 0 saturated carbocycles. The number of aliphatic carboxylic acids is 2. The zero-order chi connectivity index (χ0) is 27.7. The Hall–Kier alpha value is -2.91. The van der Waals surface area contributed by atoms with Crippen LogP contribution in [0.5, 0.6) is 0 Å². The molecule has 0 aromatic carbocycles. The van der Waals surface area contributed by atoms with E-state index in [2.05, 4.69) is 16.0 Å². The number of amides is 4. The summed E-state index contributed by atoms with van der Waals surface area (Å²) in [4.78, 5) is 71.7. The van der Waals surface area contributed by atoms with E-state index in [-0.39, 0.29) is 25.7 Å². The number of carboxylic acids is 2. The number of carboxylic acid groups (broad SMARTS) is 2. The summed E-state index contributed by atoms with van der Waals surface area (Å²) >= 11 is 1.38. The highest BCUT2D eigenvalue weighted by atomic mass is 32.2. The van der Waals surface area contributed by atoms with Crippen molar-refractivity contribution in [2.24, 2.45) is 17.2 Å². The van der Waals surface area contributed by atoms with E-state index in [9.17, 15) is 33.9 Å². The van der Waals surface area contributed by atoms with Crippen LogP contribution in [0, 0.1) is 0 Å². The second kappa shape index (κ2) is 18.4. The molecule has 0 saturated heterocycles. The average Bonchev–Trinajstić information content (AvgIpc) is 2.80. The molecule has 0 radical (unpaired) electrons. The van der Waals surface area contributed by atoms with E-state index in [0.717, 1.165) is 0 Å². The molecule has 0 aromatic heterocycles. The van der Waals surface area contributed by atoms with Crippen molar-refractivity contribution in [3.05, 3.63) is 0 Å². The van der Waals surface area contributed by atoms with Crippen LogP contribution in [0.25, 0.3) is 0 Å². The first-order valence-corrected chi connectivity index (χ1v) is 12.9. The van der Waals surface area contributed by atoms with Crippen LogP contribution in [-0.4, -0.2) is 88.5 Å². The van der Waals surface area contributed by atoms with Crippen LogP contribution < -0.4 is 33.2 Å². The normalized spacial score (nSPS) is 14.1. The summed E-state index contributed by atoms with van der Waals surface area (Å²) in [6.07, 6.45) is 2.27. The van der Waals surface area contributed by atoms with Crippen LogP contribution in [0.15, 0.2) is 0 Å². The maximum absolute atomic E-state index is 12.9. The first-order valence-electron chi connectivity index (χ1n) is 11.5. The van der Waals surface area contributed by atoms with Gasteiger partial charge in [-0.25, -0.2) is 4.79 Å². The summed E-state index contributed by atoms with van der Waals surface area (Å²) in [6.45, 7) is 0.433. The molecule has 0 heterocycles. The van der Waals surface area contributed by atoms with E-state index in [1.54, 1.807) is 6.26 Å². The summed E-state index contributed by atoms with van der Waals surface area (Å²) in [5.41, 5.74) is 16.3. The number of nitrogens with one attached hydrogen (secondary N) is 3. The van der Waals surface area contributed by atoms with Gasteiger partial charge in [0.1, 0.15) is 18.1 Å². The molecule has 0 rings (SSSR count). The number of hydrogen-bond donors (Lipinski definition) is 8. The van der Waals surface area contributed by atoms with Crippen LogP contribution in [0.4, 0.5) is 0 Å². The molecule has 206 valence electrons. The Kier molecular flexibility index (Phi) is 16.9. The standard InChI is InChI=1S/C21H38N6O8S/c1-36-11-9-14(20(33)27-15(21(34)35)5-7-16(24)28)26-19(32)13(6-8-17(29)30)25-18(31)12(23)4-2-3-10-22/h12-15H,2-11,22-23H2,1H3,(H2,24,28)(H,25,31)(H,26,32)(H,27,33)(H,29,30)(H,34,35). The highest BCUT2D eigenvalue weighted by molar-refractivity contribution is 7.98. The maximum Gasteiger partial charge on any atom is 0.326 e. The van der Waals surface area contributed by atoms with Gasteiger partial charge in [0, 0.05) is 12.8 Å². The summed E-state index contributed by atoms with van der Waals surface area (Å²) in [7, 11) is 0. The summed E-state index contributed by atoms with van der Waals surface area (Å²) in [6, 6.07) is -4.81. The Morgan fingerprint density at radius 2 is 1.31 bits per heavy atom. The van der Waals surface area contributed by atoms with Gasteiger partial charge in [-0.15, -0.1) is 0 Å². The van der Waals surface area contributed by atoms with Crippen LogP contribution in [0.3, 0.4) is 0 Å². The molecule has 0 fully saturated rings. The van der Waals surface area contributed by atoms with Crippen molar-refractivity contribution in [1.29, 1.82) is 0 Å². The van der Waals surface area contributed by atoms with E-state index in [0.29, 0.717) is 31.6 Å². The van der Waals surface area contributed by atoms with Crippen molar-refractivity contribution in [3.8, 4) is 0 Å². The molecular weight excluding hydrogens is 496 g/mol. The fourth-order valence-corrected chi connectivity index (χ4v) is 3.52. The Morgan fingerprint density at radius 1 is 0.778 bits per heavy atom. The second-order valence-corrected chi connectivity index (χ2v) is 9.12. The van der Waals surface area contributed by atoms with Gasteiger partial charge in [-0.2, -0.15) is 11.8 Å². The zero-order valence-electron chi connectivity index (χ0n) is 20.4. The third-order valence-corrected chi connectivity index (χ3v) is 5.77. The Morgan fingerprint density at radius 3 is 1.81 bits per heavy atom. The van der Waals surface area contributed by atoms with Crippen molar-refractivity contribution in [2.75, 3.05) is 18.6 Å². The molecule has 4 unspecified atom stereocenters. The number of nitrogens with two attached hydrogens (primary N) is 3. The Bertz CT molecular complexity index is 769. The molecule has 14 nitrogen and oxygen atoms in total. The Labute approximate surface area is 213 Å². The van der Waals surface area contributed by atoms with Gasteiger partial charge in [-0.1, -0.05) is 6.42 Å². The minimum atomic E-state index is -1.41. The molecule has 11 N–H and O–H groups in total. The number of carbonyl (C=O) groups excluding carboxylic acids is 4. The fourth-order valence-electron chi connectivity index (χ4n) is 3.05. The van der Waals surface area contributed by atoms with E-state index in [4.69, 9.17) is 22.3 Å². The molecule has 0 bridgehead atoms. The minimum absolute atomic E-state index is 0.124. The molecule has 0 aliphatic carbocycles. The number of primary amides is 1. The second-order valence-electron chi connectivity index (χ2n) is 8.13. The van der Waals surface area contributed by atoms with Crippen LogP contribution in [-0.2, 0) is 28.8 Å². The van der Waals surface area contributed by atoms with Crippen LogP contribution in [0.1, 0.15) is 51.4 Å². The van der Waals surface area contributed by atoms with E-state index < -0.39 is 66.2 Å². The van der Waals surface area contributed by atoms with Crippen molar-refractivity contribution in [1.82, 2.24) is 16.0 Å². The van der Waals surface area contributed by atoms with Gasteiger partial charge in [-0.3, -0.25) is 24.0 Å². The first-order chi connectivity index (χ1) is 16.9. The lowest BCUT2D eigenvalue weighted by molar-refractivity contribution is -0.142. The third-order valence-electron chi connectivity index (χ3n) is 5.12. The lowest BCUT2D eigenvalue weighted by atomic mass is 10.1. The third kappa shape index (κ3) is 14.5. The van der Waals surface area contributed by atoms with Crippen LogP contribution in [0.2, 0.25) is 0 Å². The predicted octanol–water partition coefficient (Wildman–Crippen LogP) is -2.13. The first kappa shape index (κ1) is 33.1. The molecule has 36 heavy (non-hydrogen) atoms.